The zero-order valence-electron chi connectivity index (χ0n) is 11.2. The van der Waals surface area contributed by atoms with Crippen molar-refractivity contribution in [2.45, 2.75) is 25.9 Å². The second-order valence-corrected chi connectivity index (χ2v) is 4.77. The highest BCUT2D eigenvalue weighted by atomic mass is 16.6. The Balaban J connectivity index is 2.06. The van der Waals surface area contributed by atoms with Crippen LogP contribution in [0.25, 0.3) is 0 Å². The topological polar surface area (TPSA) is 94.4 Å². The van der Waals surface area contributed by atoms with Gasteiger partial charge in [0.25, 0.3) is 5.69 Å². The minimum Gasteiger partial charge on any atom is -0.456 e. The van der Waals surface area contributed by atoms with Crippen molar-refractivity contribution >= 4 is 11.7 Å². The number of carbonyl (C=O) groups is 1. The van der Waals surface area contributed by atoms with E-state index in [-0.39, 0.29) is 23.3 Å². The first-order valence-electron chi connectivity index (χ1n) is 6.60. The van der Waals surface area contributed by atoms with Gasteiger partial charge in [0.15, 0.2) is 5.69 Å². The van der Waals surface area contributed by atoms with Gasteiger partial charge in [0, 0.05) is 12.3 Å². The fourth-order valence-corrected chi connectivity index (χ4v) is 2.26. The first-order chi connectivity index (χ1) is 9.59. The Labute approximate surface area is 116 Å². The lowest BCUT2D eigenvalue weighted by Crippen LogP contribution is -2.33. The number of rotatable bonds is 4. The molecule has 108 valence electrons. The van der Waals surface area contributed by atoms with Crippen molar-refractivity contribution in [2.24, 2.45) is 5.92 Å². The van der Waals surface area contributed by atoms with Crippen LogP contribution in [0.5, 0.6) is 0 Å². The average molecular weight is 279 g/mol. The highest BCUT2D eigenvalue weighted by Crippen LogP contribution is 2.26. The third kappa shape index (κ3) is 3.30. The van der Waals surface area contributed by atoms with Gasteiger partial charge in [0.1, 0.15) is 6.10 Å². The summed E-state index contributed by atoms with van der Waals surface area (Å²) in [4.78, 5) is 26.4. The van der Waals surface area contributed by atoms with Crippen LogP contribution in [0.1, 0.15) is 31.6 Å². The first-order valence-corrected chi connectivity index (χ1v) is 6.60. The van der Waals surface area contributed by atoms with Gasteiger partial charge in [0.05, 0.1) is 10.8 Å². The highest BCUT2D eigenvalue weighted by molar-refractivity contribution is 5.73. The maximum Gasteiger partial charge on any atom is 0.309 e. The number of aromatic nitrogens is 1. The van der Waals surface area contributed by atoms with Crippen molar-refractivity contribution in [1.82, 2.24) is 10.3 Å². The number of pyridine rings is 1. The number of ether oxygens (including phenoxy) is 1. The highest BCUT2D eigenvalue weighted by Gasteiger charge is 2.27. The zero-order chi connectivity index (χ0) is 14.5. The van der Waals surface area contributed by atoms with Crippen molar-refractivity contribution in [3.05, 3.63) is 34.1 Å². The first kappa shape index (κ1) is 14.4. The van der Waals surface area contributed by atoms with Crippen molar-refractivity contribution in [1.29, 1.82) is 0 Å². The molecule has 0 saturated carbocycles. The summed E-state index contributed by atoms with van der Waals surface area (Å²) in [6, 6.07) is 2.85. The smallest absolute Gasteiger partial charge is 0.309 e. The van der Waals surface area contributed by atoms with E-state index in [0.29, 0.717) is 0 Å². The van der Waals surface area contributed by atoms with E-state index >= 15 is 0 Å². The molecular weight excluding hydrogens is 262 g/mol. The minimum absolute atomic E-state index is 0.127. The summed E-state index contributed by atoms with van der Waals surface area (Å²) in [6.07, 6.45) is 2.20. The summed E-state index contributed by atoms with van der Waals surface area (Å²) in [7, 11) is 0. The molecule has 1 atom stereocenters. The van der Waals surface area contributed by atoms with Gasteiger partial charge in [-0.15, -0.1) is 0 Å². The Morgan fingerprint density at radius 3 is 2.90 bits per heavy atom. The molecular formula is C13H17N3O4. The third-order valence-electron chi connectivity index (χ3n) is 3.36. The molecule has 20 heavy (non-hydrogen) atoms. The van der Waals surface area contributed by atoms with Crippen molar-refractivity contribution < 1.29 is 14.5 Å². The number of nitro groups is 1. The van der Waals surface area contributed by atoms with Gasteiger partial charge in [-0.1, -0.05) is 0 Å². The summed E-state index contributed by atoms with van der Waals surface area (Å²) < 4.78 is 5.33. The monoisotopic (exact) mass is 279 g/mol. The normalized spacial score (nSPS) is 17.4. The van der Waals surface area contributed by atoms with E-state index < -0.39 is 11.0 Å². The largest absolute Gasteiger partial charge is 0.456 e. The number of piperidine rings is 1. The van der Waals surface area contributed by atoms with Crippen molar-refractivity contribution in [2.75, 3.05) is 13.1 Å². The Morgan fingerprint density at radius 1 is 1.55 bits per heavy atom. The maximum absolute atomic E-state index is 12.0. The van der Waals surface area contributed by atoms with E-state index in [1.807, 2.05) is 0 Å². The summed E-state index contributed by atoms with van der Waals surface area (Å²) >= 11 is 0. The lowest BCUT2D eigenvalue weighted by molar-refractivity contribution is -0.386. The standard InChI is InChI=1S/C13H17N3O4/c1-9(12-11(16(18)19)3-2-6-15-12)20-13(17)10-4-7-14-8-5-10/h2-3,6,9-10,14H,4-5,7-8H2,1H3. The lowest BCUT2D eigenvalue weighted by atomic mass is 9.98. The van der Waals surface area contributed by atoms with E-state index in [0.717, 1.165) is 25.9 Å². The number of esters is 1. The molecule has 2 rings (SSSR count). The molecule has 2 heterocycles. The Hall–Kier alpha value is -2.02. The molecule has 0 bridgehead atoms. The van der Waals surface area contributed by atoms with Crippen LogP contribution >= 0.6 is 0 Å². The number of hydrogen-bond donors (Lipinski definition) is 1. The number of nitrogens with one attached hydrogen (secondary N) is 1. The van der Waals surface area contributed by atoms with E-state index in [4.69, 9.17) is 4.74 Å². The van der Waals surface area contributed by atoms with Crippen LogP contribution < -0.4 is 5.32 Å². The second-order valence-electron chi connectivity index (χ2n) is 4.77. The van der Waals surface area contributed by atoms with Crippen LogP contribution in [-0.4, -0.2) is 29.0 Å². The van der Waals surface area contributed by atoms with Crippen molar-refractivity contribution in [3.8, 4) is 0 Å². The summed E-state index contributed by atoms with van der Waals surface area (Å²) in [6.45, 7) is 3.18. The maximum atomic E-state index is 12.0. The molecule has 1 aromatic rings. The summed E-state index contributed by atoms with van der Waals surface area (Å²) in [5.41, 5.74) is 0.0536. The van der Waals surface area contributed by atoms with E-state index in [2.05, 4.69) is 10.3 Å². The van der Waals surface area contributed by atoms with Gasteiger partial charge >= 0.3 is 5.97 Å². The fourth-order valence-electron chi connectivity index (χ4n) is 2.26. The molecule has 1 aliphatic rings. The van der Waals surface area contributed by atoms with E-state index in [9.17, 15) is 14.9 Å². The third-order valence-corrected chi connectivity index (χ3v) is 3.36. The fraction of sp³-hybridized carbons (Fsp3) is 0.538. The van der Waals surface area contributed by atoms with Crippen LogP contribution in [0.2, 0.25) is 0 Å². The Morgan fingerprint density at radius 2 is 2.25 bits per heavy atom. The quantitative estimate of drug-likeness (QED) is 0.511. The molecule has 0 aromatic carbocycles. The number of hydrogen-bond acceptors (Lipinski definition) is 6. The van der Waals surface area contributed by atoms with Gasteiger partial charge in [-0.3, -0.25) is 19.9 Å². The summed E-state index contributed by atoms with van der Waals surface area (Å²) in [5, 5.41) is 14.1. The molecule has 1 saturated heterocycles. The van der Waals surface area contributed by atoms with Crippen LogP contribution in [-0.2, 0) is 9.53 Å². The lowest BCUT2D eigenvalue weighted by Gasteiger charge is -2.22. The zero-order valence-corrected chi connectivity index (χ0v) is 11.2. The predicted octanol–water partition coefficient (Wildman–Crippen LogP) is 1.59. The predicted molar refractivity (Wildman–Crippen MR) is 71.0 cm³/mol. The second kappa shape index (κ2) is 6.42. The molecule has 1 fully saturated rings. The number of nitrogens with zero attached hydrogens (tertiary/aromatic N) is 2. The molecule has 0 aliphatic carbocycles. The van der Waals surface area contributed by atoms with Gasteiger partial charge in [-0.05, 0) is 38.9 Å². The molecule has 1 unspecified atom stereocenters. The van der Waals surface area contributed by atoms with E-state index in [1.54, 1.807) is 6.92 Å². The van der Waals surface area contributed by atoms with Crippen LogP contribution in [0, 0.1) is 16.0 Å². The molecule has 0 spiro atoms. The van der Waals surface area contributed by atoms with Crippen LogP contribution in [0.15, 0.2) is 18.3 Å². The average Bonchev–Trinajstić information content (AvgIpc) is 2.48. The SMILES string of the molecule is CC(OC(=O)C1CCNCC1)c1ncccc1[N+](=O)[O-]. The van der Waals surface area contributed by atoms with Crippen molar-refractivity contribution in [3.63, 3.8) is 0 Å². The molecule has 1 aliphatic heterocycles. The van der Waals surface area contributed by atoms with Gasteiger partial charge in [-0.25, -0.2) is 0 Å². The van der Waals surface area contributed by atoms with Gasteiger partial charge in [-0.2, -0.15) is 0 Å². The molecule has 1 aromatic heterocycles. The minimum atomic E-state index is -0.723. The molecule has 1 N–H and O–H groups in total. The van der Waals surface area contributed by atoms with Gasteiger partial charge in [0.2, 0.25) is 0 Å². The van der Waals surface area contributed by atoms with Gasteiger partial charge < -0.3 is 10.1 Å². The Bertz CT molecular complexity index is 500. The molecule has 0 amide bonds. The van der Waals surface area contributed by atoms with Crippen LogP contribution in [0.4, 0.5) is 5.69 Å². The molecule has 7 nitrogen and oxygen atoms in total. The molecule has 7 heteroatoms. The summed E-state index contributed by atoms with van der Waals surface area (Å²) in [5.74, 6) is -0.444. The van der Waals surface area contributed by atoms with Crippen LogP contribution in [0.3, 0.4) is 0 Å². The molecule has 0 radical (unpaired) electrons. The number of carbonyl (C=O) groups excluding carboxylic acids is 1. The van der Waals surface area contributed by atoms with E-state index in [1.165, 1.54) is 18.3 Å². The Kier molecular flexibility index (Phi) is 4.62.